The average Bonchev–Trinajstić information content (AvgIpc) is 0. The van der Waals surface area contributed by atoms with Crippen LogP contribution >= 0.6 is 0 Å². The molecule has 0 fully saturated rings. The van der Waals surface area contributed by atoms with Gasteiger partial charge in [0, 0.05) is 0 Å². The Morgan fingerprint density at radius 1 is 0.231 bits per heavy atom. The minimum Gasteiger partial charge on any atom is -2.00 e. The molecule has 0 atom stereocenters. The maximum atomic E-state index is 0. The molecular weight excluding hydrogens is 602 g/mol. The van der Waals surface area contributed by atoms with Gasteiger partial charge in [0.05, 0.1) is 0 Å². The van der Waals surface area contributed by atoms with Crippen LogP contribution < -0.4 is 0 Å². The molecule has 0 aliphatic rings. The molecule has 72 valence electrons. The van der Waals surface area contributed by atoms with Crippen molar-refractivity contribution in [2.75, 3.05) is 0 Å². The fourth-order valence-electron chi connectivity index (χ4n) is 0. The van der Waals surface area contributed by atoms with Crippen LogP contribution in [-0.2, 0) is 137 Å². The minimum atomic E-state index is 0. The van der Waals surface area contributed by atoms with E-state index in [1.54, 1.807) is 0 Å². The van der Waals surface area contributed by atoms with Crippen LogP contribution in [0.4, 0.5) is 0 Å². The Labute approximate surface area is 136 Å². The maximum Gasteiger partial charge on any atom is 5.00 e. The first-order valence-electron chi connectivity index (χ1n) is 0. The van der Waals surface area contributed by atoms with Crippen LogP contribution in [0.3, 0.4) is 0 Å². The first kappa shape index (κ1) is 507. The van der Waals surface area contributed by atoms with Gasteiger partial charge in [-0.3, -0.25) is 0 Å². The molecule has 0 spiro atoms. The third-order valence-corrected chi connectivity index (χ3v) is 0. The van der Waals surface area contributed by atoms with Gasteiger partial charge in [0.2, 0.25) is 0 Å². The normalized spacial score (nSPS) is 0. The van der Waals surface area contributed by atoms with E-state index >= 15 is 0 Å². The Morgan fingerprint density at radius 3 is 0.231 bits per heavy atom. The van der Waals surface area contributed by atoms with Crippen molar-refractivity contribution in [1.29, 1.82) is 0 Å². The molecular formula is O9Ta2Ti2. The van der Waals surface area contributed by atoms with E-state index in [0.717, 1.165) is 0 Å². The van der Waals surface area contributed by atoms with E-state index in [1.165, 1.54) is 0 Å². The summed E-state index contributed by atoms with van der Waals surface area (Å²) < 4.78 is 0. The summed E-state index contributed by atoms with van der Waals surface area (Å²) in [6.07, 6.45) is 0. The van der Waals surface area contributed by atoms with E-state index < -0.39 is 0 Å². The zero-order chi connectivity index (χ0) is 0. The van der Waals surface area contributed by atoms with Crippen LogP contribution in [0.15, 0.2) is 0 Å². The summed E-state index contributed by atoms with van der Waals surface area (Å²) >= 11 is 0. The van der Waals surface area contributed by atoms with Gasteiger partial charge < -0.3 is 49.3 Å². The number of hydrogen-bond donors (Lipinski definition) is 0. The molecule has 0 saturated carbocycles. The molecule has 13 heavy (non-hydrogen) atoms. The van der Waals surface area contributed by atoms with Crippen LogP contribution in [0.2, 0.25) is 0 Å². The molecule has 13 heteroatoms. The third-order valence-electron chi connectivity index (χ3n) is 0. The summed E-state index contributed by atoms with van der Waals surface area (Å²) in [7, 11) is 0. The van der Waals surface area contributed by atoms with Gasteiger partial charge in [-0.05, 0) is 0 Å². The van der Waals surface area contributed by atoms with Crippen LogP contribution in [-0.4, -0.2) is 0 Å². The average molecular weight is 602 g/mol. The first-order valence-corrected chi connectivity index (χ1v) is 0. The van der Waals surface area contributed by atoms with Crippen molar-refractivity contribution < 1.29 is 137 Å². The summed E-state index contributed by atoms with van der Waals surface area (Å²) in [4.78, 5) is 0. The maximum absolute atomic E-state index is 0. The quantitative estimate of drug-likeness (QED) is 0.300. The Balaban J connectivity index is 0. The van der Waals surface area contributed by atoms with Gasteiger partial charge in [0.25, 0.3) is 0 Å². The molecule has 0 aromatic rings. The zero-order valence-electron chi connectivity index (χ0n) is 5.57. The first-order chi connectivity index (χ1) is 0. The third kappa shape index (κ3) is 353. The molecule has 0 aliphatic heterocycles. The second-order valence-electron chi connectivity index (χ2n) is 0. The van der Waals surface area contributed by atoms with Crippen molar-refractivity contribution in [3.63, 3.8) is 0 Å². The van der Waals surface area contributed by atoms with Gasteiger partial charge in [-0.25, -0.2) is 0 Å². The van der Waals surface area contributed by atoms with Crippen molar-refractivity contribution in [2.24, 2.45) is 0 Å². The molecule has 0 unspecified atom stereocenters. The van der Waals surface area contributed by atoms with Crippen molar-refractivity contribution >= 4 is 0 Å². The second-order valence-corrected chi connectivity index (χ2v) is 0. The Hall–Kier alpha value is 2.55. The fraction of sp³-hybridized carbons (Fsp3) is 0. The van der Waals surface area contributed by atoms with E-state index in [4.69, 9.17) is 0 Å². The van der Waals surface area contributed by atoms with E-state index in [-0.39, 0.29) is 137 Å². The van der Waals surface area contributed by atoms with Crippen LogP contribution in [0.25, 0.3) is 0 Å². The molecule has 0 aromatic heterocycles. The topological polar surface area (TPSA) is 256 Å². The van der Waals surface area contributed by atoms with Gasteiger partial charge in [-0.2, -0.15) is 0 Å². The molecule has 0 aromatic carbocycles. The summed E-state index contributed by atoms with van der Waals surface area (Å²) in [5, 5.41) is 0. The number of hydrogen-bond acceptors (Lipinski definition) is 0. The van der Waals surface area contributed by atoms with E-state index in [2.05, 4.69) is 0 Å². The van der Waals surface area contributed by atoms with Crippen LogP contribution in [0.5, 0.6) is 0 Å². The summed E-state index contributed by atoms with van der Waals surface area (Å²) in [6.45, 7) is 0. The van der Waals surface area contributed by atoms with Crippen LogP contribution in [0, 0.1) is 0 Å². The van der Waals surface area contributed by atoms with Crippen molar-refractivity contribution in [3.05, 3.63) is 0 Å². The number of rotatable bonds is 0. The van der Waals surface area contributed by atoms with Gasteiger partial charge in [0.1, 0.15) is 0 Å². The molecule has 0 aliphatic carbocycles. The molecule has 0 amide bonds. The zero-order valence-corrected chi connectivity index (χ0v) is 15.1. The predicted octanol–water partition coefficient (Wildman–Crippen LogP) is -1.08. The molecule has 0 heterocycles. The minimum absolute atomic E-state index is 0. The molecule has 9 nitrogen and oxygen atoms in total. The van der Waals surface area contributed by atoms with Crippen molar-refractivity contribution in [3.8, 4) is 0 Å². The summed E-state index contributed by atoms with van der Waals surface area (Å²) in [5.74, 6) is 0. The Bertz CT molecular complexity index is 15.6. The monoisotopic (exact) mass is 602 g/mol. The van der Waals surface area contributed by atoms with Crippen molar-refractivity contribution in [2.45, 2.75) is 0 Å². The van der Waals surface area contributed by atoms with Gasteiger partial charge in [-0.15, -0.1) is 0 Å². The van der Waals surface area contributed by atoms with Crippen LogP contribution in [0.1, 0.15) is 0 Å². The van der Waals surface area contributed by atoms with E-state index in [1.807, 2.05) is 0 Å². The molecule has 0 radical (unpaired) electrons. The fourth-order valence-corrected chi connectivity index (χ4v) is 0. The summed E-state index contributed by atoms with van der Waals surface area (Å²) in [5.41, 5.74) is 0. The molecule has 0 rings (SSSR count). The van der Waals surface area contributed by atoms with Gasteiger partial charge in [0.15, 0.2) is 0 Å². The molecule has 0 N–H and O–H groups in total. The molecule has 0 bridgehead atoms. The standard InChI is InChI=1S/9O.2Ta.2Ti/q9*-2;2*+5;2*+4. The smallest absolute Gasteiger partial charge is 2.00 e. The predicted molar refractivity (Wildman–Crippen MR) is 6.18 cm³/mol. The van der Waals surface area contributed by atoms with Gasteiger partial charge >= 0.3 is 88.2 Å². The van der Waals surface area contributed by atoms with Gasteiger partial charge in [-0.1, -0.05) is 0 Å². The van der Waals surface area contributed by atoms with E-state index in [9.17, 15) is 0 Å². The largest absolute Gasteiger partial charge is 5.00 e. The summed E-state index contributed by atoms with van der Waals surface area (Å²) in [6, 6.07) is 0. The van der Waals surface area contributed by atoms with Crippen molar-refractivity contribution in [1.82, 2.24) is 0 Å². The Kier molecular flexibility index (Phi) is 16000. The van der Waals surface area contributed by atoms with E-state index in [0.29, 0.717) is 0 Å². The molecule has 0 saturated heterocycles. The Morgan fingerprint density at radius 2 is 0.231 bits per heavy atom. The second kappa shape index (κ2) is 411. The SMILES string of the molecule is [O-2].[O-2].[O-2].[O-2].[O-2].[O-2].[O-2].[O-2].[O-2].[Ta+5].[Ta+5].[Ti+4].[Ti+4].